The first-order chi connectivity index (χ1) is 9.47. The van der Waals surface area contributed by atoms with E-state index in [0.717, 1.165) is 6.54 Å². The molecule has 0 amide bonds. The fourth-order valence-corrected chi connectivity index (χ4v) is 2.14. The second-order valence-corrected chi connectivity index (χ2v) is 5.37. The molecule has 1 aromatic rings. The third kappa shape index (κ3) is 4.94. The molecule has 0 aliphatic rings. The fourth-order valence-electron chi connectivity index (χ4n) is 1.72. The molecular weight excluding hydrogens is 299 g/mol. The molecule has 0 heterocycles. The number of hydrogen-bond donors (Lipinski definition) is 1. The van der Waals surface area contributed by atoms with Crippen molar-refractivity contribution >= 4 is 29.2 Å². The Labute approximate surface area is 130 Å². The maximum Gasteiger partial charge on any atom is 0.327 e. The zero-order chi connectivity index (χ0) is 15.1. The summed E-state index contributed by atoms with van der Waals surface area (Å²) in [7, 11) is 3.93. The van der Waals surface area contributed by atoms with Crippen molar-refractivity contribution in [2.75, 3.05) is 33.8 Å². The SMILES string of the molecule is CCOC(=O)C(NCCN(C)C)c1cccc(Cl)c1Cl. The van der Waals surface area contributed by atoms with Gasteiger partial charge in [-0.15, -0.1) is 0 Å². The van der Waals surface area contributed by atoms with Gasteiger partial charge in [0.05, 0.1) is 16.7 Å². The molecule has 0 saturated carbocycles. The van der Waals surface area contributed by atoms with Gasteiger partial charge in [0.15, 0.2) is 0 Å². The summed E-state index contributed by atoms with van der Waals surface area (Å²) in [5.41, 5.74) is 0.636. The highest BCUT2D eigenvalue weighted by molar-refractivity contribution is 6.42. The van der Waals surface area contributed by atoms with Crippen LogP contribution in [-0.4, -0.2) is 44.7 Å². The van der Waals surface area contributed by atoms with E-state index in [2.05, 4.69) is 5.32 Å². The standard InChI is InChI=1S/C14H20Cl2N2O2/c1-4-20-14(19)13(17-8-9-18(2)3)10-6-5-7-11(15)12(10)16/h5-7,13,17H,4,8-9H2,1-3H3. The van der Waals surface area contributed by atoms with Crippen molar-refractivity contribution in [1.29, 1.82) is 0 Å². The Hall–Kier alpha value is -0.810. The van der Waals surface area contributed by atoms with Gasteiger partial charge in [0.2, 0.25) is 0 Å². The highest BCUT2D eigenvalue weighted by Crippen LogP contribution is 2.30. The van der Waals surface area contributed by atoms with E-state index in [0.29, 0.717) is 28.8 Å². The number of likely N-dealkylation sites (N-methyl/N-ethyl adjacent to an activating group) is 1. The number of carbonyl (C=O) groups excluding carboxylic acids is 1. The molecule has 0 fully saturated rings. The van der Waals surface area contributed by atoms with Crippen molar-refractivity contribution < 1.29 is 9.53 Å². The zero-order valence-electron chi connectivity index (χ0n) is 12.0. The van der Waals surface area contributed by atoms with Crippen LogP contribution in [0.4, 0.5) is 0 Å². The van der Waals surface area contributed by atoms with Crippen LogP contribution in [0.3, 0.4) is 0 Å². The number of benzene rings is 1. The van der Waals surface area contributed by atoms with Crippen molar-refractivity contribution in [2.45, 2.75) is 13.0 Å². The minimum Gasteiger partial charge on any atom is -0.465 e. The minimum atomic E-state index is -0.610. The summed E-state index contributed by atoms with van der Waals surface area (Å²) in [4.78, 5) is 14.1. The van der Waals surface area contributed by atoms with Crippen molar-refractivity contribution in [3.63, 3.8) is 0 Å². The van der Waals surface area contributed by atoms with E-state index in [4.69, 9.17) is 27.9 Å². The predicted molar refractivity (Wildman–Crippen MR) is 82.4 cm³/mol. The normalized spacial score (nSPS) is 12.5. The summed E-state index contributed by atoms with van der Waals surface area (Å²) >= 11 is 12.2. The monoisotopic (exact) mass is 318 g/mol. The lowest BCUT2D eigenvalue weighted by Crippen LogP contribution is -2.35. The third-order valence-corrected chi connectivity index (χ3v) is 3.56. The summed E-state index contributed by atoms with van der Waals surface area (Å²) < 4.78 is 5.09. The molecule has 1 rings (SSSR count). The van der Waals surface area contributed by atoms with Gasteiger partial charge in [-0.2, -0.15) is 0 Å². The van der Waals surface area contributed by atoms with E-state index < -0.39 is 6.04 Å². The number of ether oxygens (including phenoxy) is 1. The van der Waals surface area contributed by atoms with Crippen LogP contribution in [0.5, 0.6) is 0 Å². The number of hydrogen-bond acceptors (Lipinski definition) is 4. The second kappa shape index (κ2) is 8.47. The maximum absolute atomic E-state index is 12.1. The Kier molecular flexibility index (Phi) is 7.30. The molecule has 1 unspecified atom stereocenters. The maximum atomic E-state index is 12.1. The van der Waals surface area contributed by atoms with Crippen LogP contribution in [0.2, 0.25) is 10.0 Å². The number of nitrogens with zero attached hydrogens (tertiary/aromatic N) is 1. The van der Waals surface area contributed by atoms with Gasteiger partial charge in [-0.05, 0) is 27.1 Å². The molecule has 0 aliphatic heterocycles. The summed E-state index contributed by atoms with van der Waals surface area (Å²) in [6.07, 6.45) is 0. The molecule has 1 N–H and O–H groups in total. The van der Waals surface area contributed by atoms with Crippen molar-refractivity contribution in [3.05, 3.63) is 33.8 Å². The topological polar surface area (TPSA) is 41.6 Å². The second-order valence-electron chi connectivity index (χ2n) is 4.59. The van der Waals surface area contributed by atoms with Gasteiger partial charge in [0, 0.05) is 18.7 Å². The van der Waals surface area contributed by atoms with Crippen LogP contribution in [-0.2, 0) is 9.53 Å². The van der Waals surface area contributed by atoms with Gasteiger partial charge in [0.25, 0.3) is 0 Å². The van der Waals surface area contributed by atoms with Gasteiger partial charge in [-0.1, -0.05) is 35.3 Å². The highest BCUT2D eigenvalue weighted by Gasteiger charge is 2.24. The minimum absolute atomic E-state index is 0.322. The molecule has 0 spiro atoms. The van der Waals surface area contributed by atoms with Crippen LogP contribution in [0.1, 0.15) is 18.5 Å². The lowest BCUT2D eigenvalue weighted by Gasteiger charge is -2.20. The van der Waals surface area contributed by atoms with Crippen LogP contribution in [0.25, 0.3) is 0 Å². The van der Waals surface area contributed by atoms with E-state index in [1.807, 2.05) is 19.0 Å². The molecule has 0 aromatic heterocycles. The molecule has 0 saturated heterocycles. The Morgan fingerprint density at radius 3 is 2.70 bits per heavy atom. The third-order valence-electron chi connectivity index (χ3n) is 2.72. The molecule has 1 atom stereocenters. The largest absolute Gasteiger partial charge is 0.465 e. The lowest BCUT2D eigenvalue weighted by atomic mass is 10.1. The van der Waals surface area contributed by atoms with E-state index in [9.17, 15) is 4.79 Å². The first-order valence-electron chi connectivity index (χ1n) is 6.46. The first kappa shape index (κ1) is 17.2. The summed E-state index contributed by atoms with van der Waals surface area (Å²) in [5, 5.41) is 3.96. The first-order valence-corrected chi connectivity index (χ1v) is 7.21. The van der Waals surface area contributed by atoms with Crippen molar-refractivity contribution in [2.24, 2.45) is 0 Å². The molecular formula is C14H20Cl2N2O2. The van der Waals surface area contributed by atoms with Gasteiger partial charge in [-0.25, -0.2) is 4.79 Å². The van der Waals surface area contributed by atoms with E-state index in [1.165, 1.54) is 0 Å². The molecule has 0 radical (unpaired) electrons. The van der Waals surface area contributed by atoms with Crippen molar-refractivity contribution in [3.8, 4) is 0 Å². The van der Waals surface area contributed by atoms with Crippen LogP contribution in [0.15, 0.2) is 18.2 Å². The van der Waals surface area contributed by atoms with E-state index >= 15 is 0 Å². The Balaban J connectivity index is 2.91. The van der Waals surface area contributed by atoms with Gasteiger partial charge in [-0.3, -0.25) is 5.32 Å². The number of nitrogens with one attached hydrogen (secondary N) is 1. The molecule has 4 nitrogen and oxygen atoms in total. The Morgan fingerprint density at radius 1 is 1.40 bits per heavy atom. The summed E-state index contributed by atoms with van der Waals surface area (Å²) in [5.74, 6) is -0.351. The molecule has 112 valence electrons. The average molecular weight is 319 g/mol. The molecule has 6 heteroatoms. The lowest BCUT2D eigenvalue weighted by molar-refractivity contribution is -0.145. The molecule has 20 heavy (non-hydrogen) atoms. The fraction of sp³-hybridized carbons (Fsp3) is 0.500. The predicted octanol–water partition coefficient (Wildman–Crippen LogP) is 2.75. The quantitative estimate of drug-likeness (QED) is 0.785. The molecule has 1 aromatic carbocycles. The van der Waals surface area contributed by atoms with Gasteiger partial charge in [0.1, 0.15) is 6.04 Å². The van der Waals surface area contributed by atoms with E-state index in [-0.39, 0.29) is 5.97 Å². The molecule has 0 bridgehead atoms. The van der Waals surface area contributed by atoms with Crippen LogP contribution >= 0.6 is 23.2 Å². The summed E-state index contributed by atoms with van der Waals surface area (Å²) in [6.45, 7) is 3.53. The highest BCUT2D eigenvalue weighted by atomic mass is 35.5. The Morgan fingerprint density at radius 2 is 2.10 bits per heavy atom. The number of esters is 1. The van der Waals surface area contributed by atoms with Crippen LogP contribution < -0.4 is 5.32 Å². The van der Waals surface area contributed by atoms with Crippen molar-refractivity contribution in [1.82, 2.24) is 10.2 Å². The van der Waals surface area contributed by atoms with Gasteiger partial charge >= 0.3 is 5.97 Å². The molecule has 0 aliphatic carbocycles. The number of rotatable bonds is 7. The van der Waals surface area contributed by atoms with Gasteiger partial charge < -0.3 is 9.64 Å². The van der Waals surface area contributed by atoms with E-state index in [1.54, 1.807) is 25.1 Å². The average Bonchev–Trinajstić information content (AvgIpc) is 2.38. The number of halogens is 2. The smallest absolute Gasteiger partial charge is 0.327 e. The summed E-state index contributed by atoms with van der Waals surface area (Å²) in [6, 6.07) is 4.62. The van der Waals surface area contributed by atoms with Crippen LogP contribution in [0, 0.1) is 0 Å². The zero-order valence-corrected chi connectivity index (χ0v) is 13.5. The number of carbonyl (C=O) groups is 1. The Bertz CT molecular complexity index is 453.